The SMILES string of the molecule is CNc1cc(C)c(S(=O)(=O)N2CCC(CO)C2)c(C)c1. The number of sulfonamides is 1. The minimum Gasteiger partial charge on any atom is -0.396 e. The molecule has 2 rings (SSSR count). The third kappa shape index (κ3) is 2.68. The smallest absolute Gasteiger partial charge is 0.243 e. The van der Waals surface area contributed by atoms with Crippen LogP contribution in [0.3, 0.4) is 0 Å². The maximum Gasteiger partial charge on any atom is 0.243 e. The number of hydrogen-bond acceptors (Lipinski definition) is 4. The Morgan fingerprint density at radius 1 is 1.35 bits per heavy atom. The molecular weight excluding hydrogens is 276 g/mol. The predicted molar refractivity (Wildman–Crippen MR) is 79.4 cm³/mol. The first kappa shape index (κ1) is 15.3. The number of anilines is 1. The lowest BCUT2D eigenvalue weighted by molar-refractivity contribution is 0.233. The second-order valence-electron chi connectivity index (χ2n) is 5.39. The molecule has 0 radical (unpaired) electrons. The number of aryl methyl sites for hydroxylation is 2. The van der Waals surface area contributed by atoms with Gasteiger partial charge in [0.05, 0.1) is 4.90 Å². The lowest BCUT2D eigenvalue weighted by Gasteiger charge is -2.20. The molecule has 1 atom stereocenters. The van der Waals surface area contributed by atoms with Crippen LogP contribution in [0.25, 0.3) is 0 Å². The molecular formula is C14H22N2O3S. The van der Waals surface area contributed by atoms with Gasteiger partial charge in [-0.1, -0.05) is 0 Å². The van der Waals surface area contributed by atoms with Crippen molar-refractivity contribution >= 4 is 15.7 Å². The molecule has 1 aliphatic rings. The van der Waals surface area contributed by atoms with Gasteiger partial charge < -0.3 is 10.4 Å². The van der Waals surface area contributed by atoms with Crippen LogP contribution in [0.4, 0.5) is 5.69 Å². The molecule has 1 saturated heterocycles. The minimum absolute atomic E-state index is 0.0443. The van der Waals surface area contributed by atoms with E-state index in [1.165, 1.54) is 4.31 Å². The fourth-order valence-corrected chi connectivity index (χ4v) is 4.74. The first-order valence-corrected chi connectivity index (χ1v) is 8.24. The number of rotatable bonds is 4. The first-order chi connectivity index (χ1) is 9.40. The molecule has 5 nitrogen and oxygen atoms in total. The lowest BCUT2D eigenvalue weighted by atomic mass is 10.1. The molecule has 0 aliphatic carbocycles. The van der Waals surface area contributed by atoms with Crippen LogP contribution in [0.5, 0.6) is 0 Å². The van der Waals surface area contributed by atoms with E-state index < -0.39 is 10.0 Å². The lowest BCUT2D eigenvalue weighted by Crippen LogP contribution is -2.30. The third-order valence-corrected chi connectivity index (χ3v) is 6.02. The van der Waals surface area contributed by atoms with Gasteiger partial charge >= 0.3 is 0 Å². The van der Waals surface area contributed by atoms with E-state index in [0.29, 0.717) is 18.0 Å². The predicted octanol–water partition coefficient (Wildman–Crippen LogP) is 1.35. The molecule has 6 heteroatoms. The summed E-state index contributed by atoms with van der Waals surface area (Å²) in [4.78, 5) is 0.398. The fraction of sp³-hybridized carbons (Fsp3) is 0.571. The highest BCUT2D eigenvalue weighted by Gasteiger charge is 2.34. The zero-order chi connectivity index (χ0) is 14.9. The van der Waals surface area contributed by atoms with E-state index in [4.69, 9.17) is 5.11 Å². The van der Waals surface area contributed by atoms with Crippen molar-refractivity contribution in [1.82, 2.24) is 4.31 Å². The van der Waals surface area contributed by atoms with E-state index in [-0.39, 0.29) is 12.5 Å². The van der Waals surface area contributed by atoms with Gasteiger partial charge in [0.15, 0.2) is 0 Å². The molecule has 0 saturated carbocycles. The van der Waals surface area contributed by atoms with E-state index in [1.54, 1.807) is 0 Å². The normalized spacial score (nSPS) is 20.3. The summed E-state index contributed by atoms with van der Waals surface area (Å²) in [6.07, 6.45) is 0.725. The highest BCUT2D eigenvalue weighted by molar-refractivity contribution is 7.89. The van der Waals surface area contributed by atoms with Crippen LogP contribution in [-0.2, 0) is 10.0 Å². The molecule has 1 aromatic carbocycles. The van der Waals surface area contributed by atoms with Crippen LogP contribution in [0.2, 0.25) is 0 Å². The maximum atomic E-state index is 12.8. The van der Waals surface area contributed by atoms with Gasteiger partial charge in [-0.3, -0.25) is 0 Å². The Labute approximate surface area is 120 Å². The van der Waals surface area contributed by atoms with E-state index in [2.05, 4.69) is 5.32 Å². The Bertz CT molecular complexity index is 575. The van der Waals surface area contributed by atoms with Crippen molar-refractivity contribution < 1.29 is 13.5 Å². The van der Waals surface area contributed by atoms with Gasteiger partial charge in [-0.15, -0.1) is 0 Å². The third-order valence-electron chi connectivity index (χ3n) is 3.85. The number of aliphatic hydroxyl groups excluding tert-OH is 1. The second-order valence-corrected chi connectivity index (χ2v) is 7.26. The Morgan fingerprint density at radius 3 is 2.40 bits per heavy atom. The van der Waals surface area contributed by atoms with Gasteiger partial charge in [0, 0.05) is 32.4 Å². The molecule has 1 fully saturated rings. The van der Waals surface area contributed by atoms with Gasteiger partial charge in [0.1, 0.15) is 0 Å². The Balaban J connectivity index is 2.40. The number of benzene rings is 1. The van der Waals surface area contributed by atoms with Crippen molar-refractivity contribution in [2.24, 2.45) is 5.92 Å². The van der Waals surface area contributed by atoms with Crippen LogP contribution in [-0.4, -0.2) is 44.6 Å². The Morgan fingerprint density at radius 2 is 1.95 bits per heavy atom. The maximum absolute atomic E-state index is 12.8. The van der Waals surface area contributed by atoms with Crippen molar-refractivity contribution in [3.8, 4) is 0 Å². The largest absolute Gasteiger partial charge is 0.396 e. The monoisotopic (exact) mass is 298 g/mol. The number of nitrogens with one attached hydrogen (secondary N) is 1. The van der Waals surface area contributed by atoms with Crippen molar-refractivity contribution in [2.75, 3.05) is 32.1 Å². The molecule has 0 amide bonds. The molecule has 112 valence electrons. The summed E-state index contributed by atoms with van der Waals surface area (Å²) in [5.41, 5.74) is 2.41. The first-order valence-electron chi connectivity index (χ1n) is 6.80. The van der Waals surface area contributed by atoms with Crippen molar-refractivity contribution in [3.63, 3.8) is 0 Å². The van der Waals surface area contributed by atoms with Crippen LogP contribution < -0.4 is 5.32 Å². The summed E-state index contributed by atoms with van der Waals surface area (Å²) < 4.78 is 27.0. The van der Waals surface area contributed by atoms with Gasteiger partial charge in [0.2, 0.25) is 10.0 Å². The Kier molecular flexibility index (Phi) is 4.36. The van der Waals surface area contributed by atoms with E-state index in [1.807, 2.05) is 33.0 Å². The summed E-state index contributed by atoms with van der Waals surface area (Å²) in [7, 11) is -1.66. The van der Waals surface area contributed by atoms with Crippen LogP contribution in [0.15, 0.2) is 17.0 Å². The molecule has 0 bridgehead atoms. The molecule has 1 unspecified atom stereocenters. The van der Waals surface area contributed by atoms with E-state index >= 15 is 0 Å². The summed E-state index contributed by atoms with van der Waals surface area (Å²) in [5.74, 6) is 0.0574. The van der Waals surface area contributed by atoms with Gasteiger partial charge in [-0.05, 0) is 49.4 Å². The van der Waals surface area contributed by atoms with Crippen LogP contribution in [0.1, 0.15) is 17.5 Å². The quantitative estimate of drug-likeness (QED) is 0.880. The van der Waals surface area contributed by atoms with Gasteiger partial charge in [-0.25, -0.2) is 8.42 Å². The average Bonchev–Trinajstić information content (AvgIpc) is 2.86. The average molecular weight is 298 g/mol. The second kappa shape index (κ2) is 5.71. The fourth-order valence-electron chi connectivity index (χ4n) is 2.80. The number of hydrogen-bond donors (Lipinski definition) is 2. The van der Waals surface area contributed by atoms with E-state index in [0.717, 1.165) is 23.2 Å². The van der Waals surface area contributed by atoms with Crippen LogP contribution in [0, 0.1) is 19.8 Å². The molecule has 20 heavy (non-hydrogen) atoms. The minimum atomic E-state index is -3.47. The number of aliphatic hydroxyl groups is 1. The Hall–Kier alpha value is -1.11. The van der Waals surface area contributed by atoms with Crippen molar-refractivity contribution in [2.45, 2.75) is 25.2 Å². The molecule has 1 aliphatic heterocycles. The van der Waals surface area contributed by atoms with Crippen LogP contribution >= 0.6 is 0 Å². The molecule has 1 heterocycles. The highest BCUT2D eigenvalue weighted by Crippen LogP contribution is 2.30. The molecule has 0 aromatic heterocycles. The molecule has 0 spiro atoms. The van der Waals surface area contributed by atoms with Crippen molar-refractivity contribution in [1.29, 1.82) is 0 Å². The standard InChI is InChI=1S/C14H22N2O3S/c1-10-6-13(15-3)7-11(2)14(10)20(18,19)16-5-4-12(8-16)9-17/h6-7,12,15,17H,4-5,8-9H2,1-3H3. The summed E-state index contributed by atoms with van der Waals surface area (Å²) in [6.45, 7) is 4.58. The zero-order valence-electron chi connectivity index (χ0n) is 12.2. The summed E-state index contributed by atoms with van der Waals surface area (Å²) >= 11 is 0. The topological polar surface area (TPSA) is 69.6 Å². The van der Waals surface area contributed by atoms with Gasteiger partial charge in [0.25, 0.3) is 0 Å². The summed E-state index contributed by atoms with van der Waals surface area (Å²) in [5, 5.41) is 12.2. The molecule has 2 N–H and O–H groups in total. The van der Waals surface area contributed by atoms with E-state index in [9.17, 15) is 8.42 Å². The summed E-state index contributed by atoms with van der Waals surface area (Å²) in [6, 6.07) is 3.69. The number of nitrogens with zero attached hydrogens (tertiary/aromatic N) is 1. The zero-order valence-corrected chi connectivity index (χ0v) is 13.0. The van der Waals surface area contributed by atoms with Gasteiger partial charge in [-0.2, -0.15) is 4.31 Å². The molecule has 1 aromatic rings. The highest BCUT2D eigenvalue weighted by atomic mass is 32.2. The van der Waals surface area contributed by atoms with Crippen molar-refractivity contribution in [3.05, 3.63) is 23.3 Å².